The Morgan fingerprint density at radius 1 is 0.978 bits per heavy atom. The van der Waals surface area contributed by atoms with Gasteiger partial charge in [0, 0.05) is 38.0 Å². The molecule has 1 aromatic carbocycles. The van der Waals surface area contributed by atoms with Crippen molar-refractivity contribution in [2.75, 3.05) is 35.2 Å². The first-order chi connectivity index (χ1) is 21.9. The Morgan fingerprint density at radius 2 is 1.63 bits per heavy atom. The summed E-state index contributed by atoms with van der Waals surface area (Å²) >= 11 is 0. The van der Waals surface area contributed by atoms with Gasteiger partial charge >= 0.3 is 0 Å². The molecule has 12 nitrogen and oxygen atoms in total. The second kappa shape index (κ2) is 15.7. The van der Waals surface area contributed by atoms with Gasteiger partial charge in [-0.25, -0.2) is 17.5 Å². The molecule has 46 heavy (non-hydrogen) atoms. The molecule has 2 aromatic rings. The molecule has 0 unspecified atom stereocenters. The molecule has 14 heteroatoms. The molecule has 2 heterocycles. The van der Waals surface area contributed by atoms with Crippen LogP contribution >= 0.6 is 0 Å². The van der Waals surface area contributed by atoms with E-state index in [0.717, 1.165) is 25.7 Å². The van der Waals surface area contributed by atoms with Crippen molar-refractivity contribution < 1.29 is 32.0 Å². The summed E-state index contributed by atoms with van der Waals surface area (Å²) in [6.45, 7) is 5.78. The lowest BCUT2D eigenvalue weighted by Gasteiger charge is -2.33. The van der Waals surface area contributed by atoms with Gasteiger partial charge in [-0.15, -0.1) is 0 Å². The number of nitrogens with zero attached hydrogens (tertiary/aromatic N) is 3. The van der Waals surface area contributed by atoms with Gasteiger partial charge < -0.3 is 20.9 Å². The molecule has 1 saturated carbocycles. The molecule has 1 saturated heterocycles. The summed E-state index contributed by atoms with van der Waals surface area (Å²) in [6, 6.07) is 4.79. The molecule has 0 bridgehead atoms. The molecule has 0 radical (unpaired) electrons. The summed E-state index contributed by atoms with van der Waals surface area (Å²) < 4.78 is 41.0. The van der Waals surface area contributed by atoms with E-state index < -0.39 is 51.3 Å². The third-order valence-corrected chi connectivity index (χ3v) is 10.6. The van der Waals surface area contributed by atoms with Gasteiger partial charge in [0.1, 0.15) is 23.6 Å². The fourth-order valence-corrected chi connectivity index (χ4v) is 7.41. The van der Waals surface area contributed by atoms with E-state index >= 15 is 4.39 Å². The van der Waals surface area contributed by atoms with Crippen LogP contribution in [-0.2, 0) is 35.6 Å². The third kappa shape index (κ3) is 8.71. The van der Waals surface area contributed by atoms with Crippen molar-refractivity contribution in [1.29, 1.82) is 0 Å². The SMILES string of the molecule is CCC(=O)N[C@@H](C(=O)N1CCS(=O)(=O)CC1)[C@@H](C)c1ccc(NC(=O)[C@@H](C(=O)Nc2ccnn2CC)C2CCCCCC2)c(F)c1. The minimum atomic E-state index is -3.23. The number of aryl methyl sites for hydroxylation is 1. The lowest BCUT2D eigenvalue weighted by Crippen LogP contribution is -2.54. The van der Waals surface area contributed by atoms with Crippen LogP contribution in [0.1, 0.15) is 77.2 Å². The number of hydrogen-bond acceptors (Lipinski definition) is 7. The van der Waals surface area contributed by atoms with E-state index in [9.17, 15) is 27.6 Å². The summed E-state index contributed by atoms with van der Waals surface area (Å²) in [5.74, 6) is -4.40. The van der Waals surface area contributed by atoms with Gasteiger partial charge in [-0.3, -0.25) is 19.2 Å². The second-order valence-electron chi connectivity index (χ2n) is 12.1. The van der Waals surface area contributed by atoms with Gasteiger partial charge in [0.2, 0.25) is 23.6 Å². The average Bonchev–Trinajstić information content (AvgIpc) is 3.31. The van der Waals surface area contributed by atoms with Gasteiger partial charge in [0.25, 0.3) is 0 Å². The predicted octanol–water partition coefficient (Wildman–Crippen LogP) is 3.46. The van der Waals surface area contributed by atoms with Crippen molar-refractivity contribution in [2.45, 2.75) is 84.2 Å². The topological polar surface area (TPSA) is 160 Å². The minimum absolute atomic E-state index is 0.0161. The number of hydrogen-bond donors (Lipinski definition) is 3. The van der Waals surface area contributed by atoms with Gasteiger partial charge in [-0.1, -0.05) is 45.6 Å². The van der Waals surface area contributed by atoms with E-state index in [-0.39, 0.29) is 48.5 Å². The summed E-state index contributed by atoms with van der Waals surface area (Å²) in [5, 5.41) is 12.4. The minimum Gasteiger partial charge on any atom is -0.344 e. The number of amides is 4. The highest BCUT2D eigenvalue weighted by Crippen LogP contribution is 2.32. The standard InChI is InChI=1S/C32H45FN6O6S/c1-4-27(40)37-29(32(43)38-16-18-46(44,45)19-17-38)21(3)23-12-13-25(24(33)20-23)35-30(41)28(22-10-8-6-7-9-11-22)31(42)36-26-14-15-34-39(26)5-2/h12-15,20-22,28-29H,4-11,16-19H2,1-3H3,(H,35,41)(H,36,42)(H,37,40)/t21-,28-,29+/m0/s1. The van der Waals surface area contributed by atoms with E-state index in [0.29, 0.717) is 30.8 Å². The maximum Gasteiger partial charge on any atom is 0.245 e. The largest absolute Gasteiger partial charge is 0.344 e. The van der Waals surface area contributed by atoms with Crippen molar-refractivity contribution in [2.24, 2.45) is 11.8 Å². The summed E-state index contributed by atoms with van der Waals surface area (Å²) in [4.78, 5) is 54.5. The zero-order valence-corrected chi connectivity index (χ0v) is 27.6. The monoisotopic (exact) mass is 660 g/mol. The van der Waals surface area contributed by atoms with Crippen LogP contribution in [0.25, 0.3) is 0 Å². The van der Waals surface area contributed by atoms with Crippen molar-refractivity contribution in [1.82, 2.24) is 20.0 Å². The first kappa shape index (κ1) is 35.1. The number of anilines is 2. The molecule has 0 spiro atoms. The third-order valence-electron chi connectivity index (χ3n) is 9.04. The highest BCUT2D eigenvalue weighted by atomic mass is 32.2. The quantitative estimate of drug-likeness (QED) is 0.246. The van der Waals surface area contributed by atoms with Crippen molar-refractivity contribution >= 4 is 45.0 Å². The van der Waals surface area contributed by atoms with Crippen LogP contribution in [0.15, 0.2) is 30.5 Å². The van der Waals surface area contributed by atoms with Crippen LogP contribution in [0.5, 0.6) is 0 Å². The van der Waals surface area contributed by atoms with Gasteiger partial charge in [-0.2, -0.15) is 5.10 Å². The Labute approximate surface area is 269 Å². The molecular weight excluding hydrogens is 615 g/mol. The number of halogens is 1. The molecule has 2 fully saturated rings. The molecule has 4 rings (SSSR count). The van der Waals surface area contributed by atoms with Gasteiger partial charge in [-0.05, 0) is 43.4 Å². The maximum atomic E-state index is 15.6. The van der Waals surface area contributed by atoms with E-state index in [1.54, 1.807) is 36.9 Å². The highest BCUT2D eigenvalue weighted by molar-refractivity contribution is 7.91. The molecule has 3 N–H and O–H groups in total. The van der Waals surface area contributed by atoms with Crippen molar-refractivity contribution in [3.05, 3.63) is 41.8 Å². The molecule has 252 valence electrons. The van der Waals surface area contributed by atoms with Crippen LogP contribution in [0, 0.1) is 17.7 Å². The van der Waals surface area contributed by atoms with Crippen LogP contribution in [0.3, 0.4) is 0 Å². The lowest BCUT2D eigenvalue weighted by atomic mass is 9.84. The Kier molecular flexibility index (Phi) is 11.9. The lowest BCUT2D eigenvalue weighted by molar-refractivity contribution is -0.136. The van der Waals surface area contributed by atoms with Crippen molar-refractivity contribution in [3.8, 4) is 0 Å². The Morgan fingerprint density at radius 3 is 2.24 bits per heavy atom. The van der Waals surface area contributed by atoms with Crippen LogP contribution in [0.2, 0.25) is 0 Å². The van der Waals surface area contributed by atoms with E-state index in [1.165, 1.54) is 17.0 Å². The Bertz CT molecular complexity index is 1510. The number of rotatable bonds is 11. The number of aromatic nitrogens is 2. The average molecular weight is 661 g/mol. The van der Waals surface area contributed by atoms with E-state index in [4.69, 9.17) is 0 Å². The summed E-state index contributed by atoms with van der Waals surface area (Å²) in [7, 11) is -3.23. The molecule has 1 aliphatic heterocycles. The Hall–Kier alpha value is -3.81. The van der Waals surface area contributed by atoms with Crippen LogP contribution < -0.4 is 16.0 Å². The number of carbonyl (C=O) groups is 4. The van der Waals surface area contributed by atoms with Gasteiger partial charge in [0.05, 0.1) is 23.4 Å². The Balaban J connectivity index is 1.53. The number of carbonyl (C=O) groups excluding carboxylic acids is 4. The fraction of sp³-hybridized carbons (Fsp3) is 0.594. The maximum absolute atomic E-state index is 15.6. The summed E-state index contributed by atoms with van der Waals surface area (Å²) in [5.41, 5.74) is 0.299. The first-order valence-electron chi connectivity index (χ1n) is 16.2. The van der Waals surface area contributed by atoms with Crippen LogP contribution in [0.4, 0.5) is 15.9 Å². The molecular formula is C32H45FN6O6S. The normalized spacial score (nSPS) is 18.9. The number of sulfone groups is 1. The van der Waals surface area contributed by atoms with Crippen LogP contribution in [-0.4, -0.2) is 77.4 Å². The zero-order chi connectivity index (χ0) is 33.4. The first-order valence-corrected chi connectivity index (χ1v) is 18.0. The zero-order valence-electron chi connectivity index (χ0n) is 26.8. The van der Waals surface area contributed by atoms with Gasteiger partial charge in [0.15, 0.2) is 9.84 Å². The molecule has 4 amide bonds. The molecule has 2 aliphatic rings. The van der Waals surface area contributed by atoms with E-state index in [1.807, 2.05) is 6.92 Å². The number of nitrogens with one attached hydrogen (secondary N) is 3. The fourth-order valence-electron chi connectivity index (χ4n) is 6.21. The summed E-state index contributed by atoms with van der Waals surface area (Å²) in [6.07, 6.45) is 6.97. The smallest absolute Gasteiger partial charge is 0.245 e. The van der Waals surface area contributed by atoms with Crippen molar-refractivity contribution in [3.63, 3.8) is 0 Å². The van der Waals surface area contributed by atoms with E-state index in [2.05, 4.69) is 21.0 Å². The second-order valence-corrected chi connectivity index (χ2v) is 14.4. The molecule has 1 aliphatic carbocycles. The predicted molar refractivity (Wildman–Crippen MR) is 172 cm³/mol. The number of benzene rings is 1. The molecule has 1 aromatic heterocycles. The molecule has 3 atom stereocenters. The highest BCUT2D eigenvalue weighted by Gasteiger charge is 2.37.